The summed E-state index contributed by atoms with van der Waals surface area (Å²) in [5.41, 5.74) is 0.737. The lowest BCUT2D eigenvalue weighted by Gasteiger charge is -2.32. The summed E-state index contributed by atoms with van der Waals surface area (Å²) in [4.78, 5) is 12.4. The molecule has 24 heavy (non-hydrogen) atoms. The number of amides is 1. The molecule has 1 atom stereocenters. The van der Waals surface area contributed by atoms with Gasteiger partial charge in [0, 0.05) is 12.1 Å². The molecule has 2 aromatic rings. The summed E-state index contributed by atoms with van der Waals surface area (Å²) in [5, 5.41) is 10.2. The number of piperidine rings is 1. The van der Waals surface area contributed by atoms with Crippen molar-refractivity contribution in [1.29, 1.82) is 0 Å². The van der Waals surface area contributed by atoms with Crippen LogP contribution in [0.25, 0.3) is 11.5 Å². The molecule has 2 heterocycles. The van der Waals surface area contributed by atoms with Crippen LogP contribution >= 0.6 is 0 Å². The van der Waals surface area contributed by atoms with Gasteiger partial charge in [0.05, 0.1) is 6.26 Å². The van der Waals surface area contributed by atoms with Crippen molar-refractivity contribution in [2.45, 2.75) is 25.3 Å². The second-order valence-corrected chi connectivity index (χ2v) is 7.59. The van der Waals surface area contributed by atoms with Crippen molar-refractivity contribution < 1.29 is 17.6 Å². The Morgan fingerprint density at radius 3 is 2.71 bits per heavy atom. The fraction of sp³-hybridized carbons (Fsp3) is 0.400. The van der Waals surface area contributed by atoms with E-state index in [0.29, 0.717) is 13.0 Å². The topological polar surface area (TPSA) is 105 Å². The van der Waals surface area contributed by atoms with E-state index in [1.165, 1.54) is 4.31 Å². The van der Waals surface area contributed by atoms with Gasteiger partial charge in [-0.25, -0.2) is 8.42 Å². The van der Waals surface area contributed by atoms with Crippen LogP contribution in [0.15, 0.2) is 34.7 Å². The average molecular weight is 350 g/mol. The van der Waals surface area contributed by atoms with Gasteiger partial charge in [-0.05, 0) is 25.0 Å². The molecule has 1 aromatic carbocycles. The fourth-order valence-electron chi connectivity index (χ4n) is 2.72. The zero-order chi connectivity index (χ0) is 17.2. The van der Waals surface area contributed by atoms with Gasteiger partial charge in [0.1, 0.15) is 6.04 Å². The van der Waals surface area contributed by atoms with Gasteiger partial charge in [0.25, 0.3) is 0 Å². The van der Waals surface area contributed by atoms with Crippen molar-refractivity contribution in [2.75, 3.05) is 18.1 Å². The SMILES string of the molecule is CS(=O)(=O)N1CCCC[C@H]1C(=O)Nc1nnc(-c2ccccc2)o1. The van der Waals surface area contributed by atoms with Gasteiger partial charge in [-0.3, -0.25) is 10.1 Å². The van der Waals surface area contributed by atoms with Crippen molar-refractivity contribution in [2.24, 2.45) is 0 Å². The molecule has 0 unspecified atom stereocenters. The first kappa shape index (κ1) is 16.6. The molecule has 0 radical (unpaired) electrons. The highest BCUT2D eigenvalue weighted by Crippen LogP contribution is 2.23. The fourth-order valence-corrected chi connectivity index (χ4v) is 3.85. The predicted octanol–water partition coefficient (Wildman–Crippen LogP) is 1.49. The molecule has 3 rings (SSSR count). The summed E-state index contributed by atoms with van der Waals surface area (Å²) in [5.74, 6) is -0.169. The molecule has 9 heteroatoms. The number of nitrogens with zero attached hydrogens (tertiary/aromatic N) is 3. The zero-order valence-electron chi connectivity index (χ0n) is 13.2. The molecule has 0 aliphatic carbocycles. The molecule has 1 aliphatic rings. The third-order valence-corrected chi connectivity index (χ3v) is 5.15. The standard InChI is InChI=1S/C15H18N4O4S/c1-24(21,22)19-10-6-5-9-12(19)13(20)16-15-18-17-14(23-15)11-7-3-2-4-8-11/h2-4,7-8,12H,5-6,9-10H2,1H3,(H,16,18,20)/t12-/m0/s1. The lowest BCUT2D eigenvalue weighted by Crippen LogP contribution is -2.49. The van der Waals surface area contributed by atoms with Gasteiger partial charge in [-0.15, -0.1) is 5.10 Å². The number of carbonyl (C=O) groups is 1. The number of hydrogen-bond donors (Lipinski definition) is 1. The van der Waals surface area contributed by atoms with Gasteiger partial charge >= 0.3 is 6.01 Å². The van der Waals surface area contributed by atoms with E-state index in [0.717, 1.165) is 24.7 Å². The van der Waals surface area contributed by atoms with E-state index in [1.807, 2.05) is 30.3 Å². The van der Waals surface area contributed by atoms with E-state index in [2.05, 4.69) is 15.5 Å². The van der Waals surface area contributed by atoms with Crippen LogP contribution < -0.4 is 5.32 Å². The van der Waals surface area contributed by atoms with E-state index >= 15 is 0 Å². The minimum atomic E-state index is -3.44. The third kappa shape index (κ3) is 3.62. The van der Waals surface area contributed by atoms with E-state index in [9.17, 15) is 13.2 Å². The molecule has 1 aliphatic heterocycles. The molecule has 0 saturated carbocycles. The normalized spacial score (nSPS) is 19.1. The Kier molecular flexibility index (Phi) is 4.63. The Labute approximate surface area is 139 Å². The van der Waals surface area contributed by atoms with Crippen LogP contribution in [0.1, 0.15) is 19.3 Å². The molecule has 1 fully saturated rings. The van der Waals surface area contributed by atoms with Crippen molar-refractivity contribution in [3.8, 4) is 11.5 Å². The van der Waals surface area contributed by atoms with Gasteiger partial charge in [-0.2, -0.15) is 4.31 Å². The number of aromatic nitrogens is 2. The molecule has 0 bridgehead atoms. The lowest BCUT2D eigenvalue weighted by atomic mass is 10.0. The van der Waals surface area contributed by atoms with E-state index in [-0.39, 0.29) is 11.9 Å². The lowest BCUT2D eigenvalue weighted by molar-refractivity contribution is -0.120. The van der Waals surface area contributed by atoms with E-state index in [4.69, 9.17) is 4.42 Å². The van der Waals surface area contributed by atoms with Crippen LogP contribution in [0, 0.1) is 0 Å². The second-order valence-electron chi connectivity index (χ2n) is 5.65. The first-order valence-electron chi connectivity index (χ1n) is 7.62. The van der Waals surface area contributed by atoms with Gasteiger partial charge in [-0.1, -0.05) is 29.7 Å². The third-order valence-electron chi connectivity index (χ3n) is 3.86. The van der Waals surface area contributed by atoms with Crippen molar-refractivity contribution >= 4 is 21.9 Å². The molecule has 1 N–H and O–H groups in total. The maximum atomic E-state index is 12.4. The highest BCUT2D eigenvalue weighted by atomic mass is 32.2. The molecule has 1 saturated heterocycles. The number of carbonyl (C=O) groups excluding carboxylic acids is 1. The average Bonchev–Trinajstić information content (AvgIpc) is 3.03. The predicted molar refractivity (Wildman–Crippen MR) is 87.6 cm³/mol. The summed E-state index contributed by atoms with van der Waals surface area (Å²) in [6.07, 6.45) is 3.12. The summed E-state index contributed by atoms with van der Waals surface area (Å²) in [7, 11) is -3.44. The Balaban J connectivity index is 1.74. The Morgan fingerprint density at radius 1 is 1.25 bits per heavy atom. The first-order valence-corrected chi connectivity index (χ1v) is 9.46. The number of sulfonamides is 1. The minimum Gasteiger partial charge on any atom is -0.403 e. The monoisotopic (exact) mass is 350 g/mol. The summed E-state index contributed by atoms with van der Waals surface area (Å²) < 4.78 is 30.3. The van der Waals surface area contributed by atoms with Crippen molar-refractivity contribution in [3.05, 3.63) is 30.3 Å². The van der Waals surface area contributed by atoms with Crippen LogP contribution in [0.5, 0.6) is 0 Å². The van der Waals surface area contributed by atoms with Crippen molar-refractivity contribution in [3.63, 3.8) is 0 Å². The van der Waals surface area contributed by atoms with Gasteiger partial charge in [0.2, 0.25) is 21.8 Å². The largest absolute Gasteiger partial charge is 0.403 e. The number of anilines is 1. The smallest absolute Gasteiger partial charge is 0.322 e. The van der Waals surface area contributed by atoms with Gasteiger partial charge in [0.15, 0.2) is 0 Å². The summed E-state index contributed by atoms with van der Waals surface area (Å²) in [6, 6.07) is 8.37. The van der Waals surface area contributed by atoms with E-state index in [1.54, 1.807) is 0 Å². The van der Waals surface area contributed by atoms with E-state index < -0.39 is 22.0 Å². The highest BCUT2D eigenvalue weighted by molar-refractivity contribution is 7.88. The minimum absolute atomic E-state index is 0.0436. The molecule has 0 spiro atoms. The van der Waals surface area contributed by atoms with Crippen LogP contribution in [-0.4, -0.2) is 47.7 Å². The molecule has 8 nitrogen and oxygen atoms in total. The molecule has 1 aromatic heterocycles. The number of rotatable bonds is 4. The van der Waals surface area contributed by atoms with Crippen molar-refractivity contribution in [1.82, 2.24) is 14.5 Å². The van der Waals surface area contributed by atoms with Crippen LogP contribution in [0.2, 0.25) is 0 Å². The highest BCUT2D eigenvalue weighted by Gasteiger charge is 2.35. The second kappa shape index (κ2) is 6.70. The molecule has 128 valence electrons. The quantitative estimate of drug-likeness (QED) is 0.895. The number of nitrogens with one attached hydrogen (secondary N) is 1. The maximum Gasteiger partial charge on any atom is 0.322 e. The molecular weight excluding hydrogens is 332 g/mol. The molecular formula is C15H18N4O4S. The first-order chi connectivity index (χ1) is 11.4. The van der Waals surface area contributed by atoms with Gasteiger partial charge < -0.3 is 4.42 Å². The van der Waals surface area contributed by atoms with Crippen LogP contribution in [0.3, 0.4) is 0 Å². The summed E-state index contributed by atoms with van der Waals surface area (Å²) >= 11 is 0. The Bertz CT molecular complexity index is 819. The van der Waals surface area contributed by atoms with Crippen LogP contribution in [-0.2, 0) is 14.8 Å². The number of benzene rings is 1. The Hall–Kier alpha value is -2.26. The number of hydrogen-bond acceptors (Lipinski definition) is 6. The molecule has 1 amide bonds. The van der Waals surface area contributed by atoms with Crippen LogP contribution in [0.4, 0.5) is 6.01 Å². The zero-order valence-corrected chi connectivity index (χ0v) is 14.0. The Morgan fingerprint density at radius 2 is 2.00 bits per heavy atom. The maximum absolute atomic E-state index is 12.4. The summed E-state index contributed by atoms with van der Waals surface area (Å²) in [6.45, 7) is 0.343.